The average Bonchev–Trinajstić information content (AvgIpc) is 2.34. The summed E-state index contributed by atoms with van der Waals surface area (Å²) in [6, 6.07) is -0.448. The highest BCUT2D eigenvalue weighted by molar-refractivity contribution is 7.09. The van der Waals surface area contributed by atoms with Crippen LogP contribution in [0.3, 0.4) is 0 Å². The molecule has 0 radical (unpaired) electrons. The lowest BCUT2D eigenvalue weighted by atomic mass is 10.2. The van der Waals surface area contributed by atoms with Crippen molar-refractivity contribution >= 4 is 17.1 Å². The summed E-state index contributed by atoms with van der Waals surface area (Å²) < 4.78 is 0. The monoisotopic (exact) mass is 170 g/mol. The highest BCUT2D eigenvalue weighted by Gasteiger charge is 2.12. The van der Waals surface area contributed by atoms with Crippen molar-refractivity contribution in [2.75, 3.05) is 0 Å². The quantitative estimate of drug-likeness (QED) is 0.673. The van der Waals surface area contributed by atoms with Crippen LogP contribution < -0.4 is 5.73 Å². The predicted octanol–water partition coefficient (Wildman–Crippen LogP) is 0.981. The van der Waals surface area contributed by atoms with Crippen LogP contribution in [0.5, 0.6) is 0 Å². The molecular formula is C7H10N2OS. The summed E-state index contributed by atoms with van der Waals surface area (Å²) in [5.41, 5.74) is 5.88. The lowest BCUT2D eigenvalue weighted by Crippen LogP contribution is -2.26. The summed E-state index contributed by atoms with van der Waals surface area (Å²) in [5, 5.41) is 2.63. The molecule has 1 aromatic rings. The van der Waals surface area contributed by atoms with Gasteiger partial charge in [-0.05, 0) is 13.8 Å². The van der Waals surface area contributed by atoms with Crippen LogP contribution in [-0.4, -0.2) is 16.8 Å². The van der Waals surface area contributed by atoms with Gasteiger partial charge in [0.15, 0.2) is 5.78 Å². The fourth-order valence-corrected chi connectivity index (χ4v) is 1.31. The second-order valence-electron chi connectivity index (χ2n) is 2.40. The number of hydrogen-bond acceptors (Lipinski definition) is 4. The van der Waals surface area contributed by atoms with Gasteiger partial charge in [0.25, 0.3) is 0 Å². The SMILES string of the molecule is Cc1nc(C(=O)[C@H](C)N)cs1. The maximum absolute atomic E-state index is 11.2. The van der Waals surface area contributed by atoms with Gasteiger partial charge < -0.3 is 5.73 Å². The molecule has 60 valence electrons. The number of hydrogen-bond donors (Lipinski definition) is 1. The van der Waals surface area contributed by atoms with Crippen LogP contribution in [0.15, 0.2) is 5.38 Å². The van der Waals surface area contributed by atoms with Gasteiger partial charge in [-0.2, -0.15) is 0 Å². The van der Waals surface area contributed by atoms with E-state index in [1.165, 1.54) is 11.3 Å². The zero-order valence-electron chi connectivity index (χ0n) is 6.50. The minimum absolute atomic E-state index is 0.0886. The standard InChI is InChI=1S/C7H10N2OS/c1-4(8)7(10)6-3-11-5(2)9-6/h3-4H,8H2,1-2H3/t4-/m0/s1. The van der Waals surface area contributed by atoms with Crippen molar-refractivity contribution in [2.24, 2.45) is 5.73 Å². The summed E-state index contributed by atoms with van der Waals surface area (Å²) in [6.07, 6.45) is 0. The van der Waals surface area contributed by atoms with E-state index in [9.17, 15) is 4.79 Å². The molecule has 4 heteroatoms. The highest BCUT2D eigenvalue weighted by Crippen LogP contribution is 2.09. The van der Waals surface area contributed by atoms with Gasteiger partial charge in [0.05, 0.1) is 11.0 Å². The number of aryl methyl sites for hydroxylation is 1. The third-order valence-electron chi connectivity index (χ3n) is 1.29. The minimum Gasteiger partial charge on any atom is -0.321 e. The van der Waals surface area contributed by atoms with Gasteiger partial charge >= 0.3 is 0 Å². The number of Topliss-reactive ketones (excluding diaryl/α,β-unsaturated/α-hetero) is 1. The highest BCUT2D eigenvalue weighted by atomic mass is 32.1. The fourth-order valence-electron chi connectivity index (χ4n) is 0.710. The van der Waals surface area contributed by atoms with Crippen LogP contribution in [0.2, 0.25) is 0 Å². The van der Waals surface area contributed by atoms with Gasteiger partial charge in [-0.1, -0.05) is 0 Å². The van der Waals surface area contributed by atoms with Crippen LogP contribution in [0.4, 0.5) is 0 Å². The second kappa shape index (κ2) is 3.11. The molecule has 1 rings (SSSR count). The van der Waals surface area contributed by atoms with E-state index < -0.39 is 6.04 Å². The van der Waals surface area contributed by atoms with E-state index in [0.717, 1.165) is 5.01 Å². The van der Waals surface area contributed by atoms with E-state index in [2.05, 4.69) is 4.98 Å². The number of carbonyl (C=O) groups is 1. The Labute approximate surface area is 69.3 Å². The molecule has 1 atom stereocenters. The van der Waals surface area contributed by atoms with E-state index in [-0.39, 0.29) is 5.78 Å². The Morgan fingerprint density at radius 2 is 2.45 bits per heavy atom. The Morgan fingerprint density at radius 1 is 1.82 bits per heavy atom. The summed E-state index contributed by atoms with van der Waals surface area (Å²) in [5.74, 6) is -0.0886. The lowest BCUT2D eigenvalue weighted by Gasteiger charge is -1.98. The zero-order valence-corrected chi connectivity index (χ0v) is 7.31. The molecule has 0 spiro atoms. The van der Waals surface area contributed by atoms with Crippen molar-refractivity contribution in [1.29, 1.82) is 0 Å². The first-order valence-electron chi connectivity index (χ1n) is 3.33. The van der Waals surface area contributed by atoms with E-state index in [1.807, 2.05) is 6.92 Å². The van der Waals surface area contributed by atoms with Crippen LogP contribution >= 0.6 is 11.3 Å². The molecule has 2 N–H and O–H groups in total. The van der Waals surface area contributed by atoms with Gasteiger partial charge in [0.1, 0.15) is 5.69 Å². The van der Waals surface area contributed by atoms with E-state index in [4.69, 9.17) is 5.73 Å². The molecule has 0 bridgehead atoms. The van der Waals surface area contributed by atoms with Crippen molar-refractivity contribution in [1.82, 2.24) is 4.98 Å². The molecule has 0 unspecified atom stereocenters. The first-order chi connectivity index (χ1) is 5.11. The first kappa shape index (κ1) is 8.36. The molecule has 0 saturated carbocycles. The van der Waals surface area contributed by atoms with E-state index in [0.29, 0.717) is 5.69 Å². The molecule has 1 aromatic heterocycles. The Morgan fingerprint density at radius 3 is 2.82 bits per heavy atom. The van der Waals surface area contributed by atoms with Crippen molar-refractivity contribution in [3.63, 3.8) is 0 Å². The van der Waals surface area contributed by atoms with Crippen molar-refractivity contribution < 1.29 is 4.79 Å². The number of aromatic nitrogens is 1. The molecule has 0 saturated heterocycles. The Balaban J connectivity index is 2.85. The molecule has 11 heavy (non-hydrogen) atoms. The number of ketones is 1. The second-order valence-corrected chi connectivity index (χ2v) is 3.47. The minimum atomic E-state index is -0.448. The first-order valence-corrected chi connectivity index (χ1v) is 4.21. The maximum Gasteiger partial charge on any atom is 0.198 e. The summed E-state index contributed by atoms with van der Waals surface area (Å²) in [4.78, 5) is 15.2. The van der Waals surface area contributed by atoms with Crippen molar-refractivity contribution in [2.45, 2.75) is 19.9 Å². The van der Waals surface area contributed by atoms with Crippen molar-refractivity contribution in [3.8, 4) is 0 Å². The van der Waals surface area contributed by atoms with E-state index >= 15 is 0 Å². The number of carbonyl (C=O) groups excluding carboxylic acids is 1. The third kappa shape index (κ3) is 1.85. The largest absolute Gasteiger partial charge is 0.321 e. The Hall–Kier alpha value is -0.740. The molecule has 3 nitrogen and oxygen atoms in total. The average molecular weight is 170 g/mol. The van der Waals surface area contributed by atoms with Gasteiger partial charge in [0, 0.05) is 5.38 Å². The molecular weight excluding hydrogens is 160 g/mol. The van der Waals surface area contributed by atoms with Gasteiger partial charge in [-0.25, -0.2) is 4.98 Å². The Bertz CT molecular complexity index is 267. The molecule has 0 aromatic carbocycles. The lowest BCUT2D eigenvalue weighted by molar-refractivity contribution is 0.0963. The van der Waals surface area contributed by atoms with E-state index in [1.54, 1.807) is 12.3 Å². The van der Waals surface area contributed by atoms with Crippen LogP contribution in [-0.2, 0) is 0 Å². The zero-order chi connectivity index (χ0) is 8.43. The molecule has 0 fully saturated rings. The summed E-state index contributed by atoms with van der Waals surface area (Å²) in [6.45, 7) is 3.53. The molecule has 1 heterocycles. The number of rotatable bonds is 2. The molecule has 0 aliphatic carbocycles. The maximum atomic E-state index is 11.2. The summed E-state index contributed by atoms with van der Waals surface area (Å²) >= 11 is 1.46. The fraction of sp³-hybridized carbons (Fsp3) is 0.429. The van der Waals surface area contributed by atoms with Gasteiger partial charge in [-0.15, -0.1) is 11.3 Å². The van der Waals surface area contributed by atoms with Gasteiger partial charge in [-0.3, -0.25) is 4.79 Å². The topological polar surface area (TPSA) is 56.0 Å². The van der Waals surface area contributed by atoms with Crippen LogP contribution in [0, 0.1) is 6.92 Å². The third-order valence-corrected chi connectivity index (χ3v) is 2.06. The molecule has 0 amide bonds. The normalized spacial score (nSPS) is 13.0. The predicted molar refractivity (Wildman–Crippen MR) is 44.8 cm³/mol. The number of nitrogens with zero attached hydrogens (tertiary/aromatic N) is 1. The summed E-state index contributed by atoms with van der Waals surface area (Å²) in [7, 11) is 0. The number of thiazole rings is 1. The Kier molecular flexibility index (Phi) is 2.36. The molecule has 0 aliphatic heterocycles. The van der Waals surface area contributed by atoms with Crippen LogP contribution in [0.1, 0.15) is 22.4 Å². The smallest absolute Gasteiger partial charge is 0.198 e. The van der Waals surface area contributed by atoms with Crippen molar-refractivity contribution in [3.05, 3.63) is 16.1 Å². The molecule has 0 aliphatic rings. The van der Waals surface area contributed by atoms with Crippen LogP contribution in [0.25, 0.3) is 0 Å². The van der Waals surface area contributed by atoms with Gasteiger partial charge in [0.2, 0.25) is 0 Å². The number of nitrogens with two attached hydrogens (primary N) is 1.